The zero-order chi connectivity index (χ0) is 32.2. The lowest BCUT2D eigenvalue weighted by atomic mass is 9.96. The average Bonchev–Trinajstić information content (AvgIpc) is 2.98. The van der Waals surface area contributed by atoms with E-state index >= 15 is 0 Å². The minimum absolute atomic E-state index is 0.0577. The first-order valence-corrected chi connectivity index (χ1v) is 14.2. The fourth-order valence-corrected chi connectivity index (χ4v) is 4.27. The fourth-order valence-electron chi connectivity index (χ4n) is 4.27. The number of rotatable bonds is 15. The zero-order valence-electron chi connectivity index (χ0n) is 25.6. The number of hydrogen-bond donors (Lipinski definition) is 4. The van der Waals surface area contributed by atoms with Gasteiger partial charge in [-0.3, -0.25) is 24.0 Å². The van der Waals surface area contributed by atoms with Gasteiger partial charge in [-0.2, -0.15) is 0 Å². The fraction of sp³-hybridized carbons (Fsp3) is 0.438. The van der Waals surface area contributed by atoms with Gasteiger partial charge < -0.3 is 26.0 Å². The second-order valence-electron chi connectivity index (χ2n) is 11.0. The van der Waals surface area contributed by atoms with Crippen LogP contribution in [0.15, 0.2) is 60.7 Å². The molecule has 2 aromatic carbocycles. The van der Waals surface area contributed by atoms with Crippen LogP contribution in [0.1, 0.15) is 52.2 Å². The molecule has 0 radical (unpaired) electrons. The average molecular weight is 595 g/mol. The van der Waals surface area contributed by atoms with Gasteiger partial charge >= 0.3 is 5.97 Å². The summed E-state index contributed by atoms with van der Waals surface area (Å²) in [6, 6.07) is 14.7. The SMILES string of the molecule is CCC(C)C(NC(=O)C(=O)C(C)NC(=O)C(Cc1ccccc1)NC(=O)Cc1ccccc1)C(=O)NC(C)(C)C(=O)OC. The van der Waals surface area contributed by atoms with Gasteiger partial charge in [-0.05, 0) is 37.8 Å². The third-order valence-corrected chi connectivity index (χ3v) is 7.03. The predicted octanol–water partition coefficient (Wildman–Crippen LogP) is 1.63. The number of ether oxygens (including phenoxy) is 1. The maximum absolute atomic E-state index is 13.3. The second-order valence-corrected chi connectivity index (χ2v) is 11.0. The predicted molar refractivity (Wildman–Crippen MR) is 160 cm³/mol. The van der Waals surface area contributed by atoms with E-state index in [1.807, 2.05) is 55.5 Å². The largest absolute Gasteiger partial charge is 0.467 e. The third kappa shape index (κ3) is 10.7. The van der Waals surface area contributed by atoms with Gasteiger partial charge in [0.05, 0.1) is 19.6 Å². The molecule has 43 heavy (non-hydrogen) atoms. The standard InChI is InChI=1S/C32H42N4O7/c1-7-20(2)26(29(40)36-32(4,5)31(42)43-6)35-30(41)27(38)21(3)33-28(39)24(18-22-14-10-8-11-15-22)34-25(37)19-23-16-12-9-13-17-23/h8-17,20-21,24,26H,7,18-19H2,1-6H3,(H,33,39)(H,34,37)(H,35,41)(H,36,40). The maximum Gasteiger partial charge on any atom is 0.330 e. The summed E-state index contributed by atoms with van der Waals surface area (Å²) in [5.41, 5.74) is 0.192. The van der Waals surface area contributed by atoms with E-state index in [2.05, 4.69) is 21.3 Å². The van der Waals surface area contributed by atoms with E-state index in [1.54, 1.807) is 19.1 Å². The van der Waals surface area contributed by atoms with Crippen molar-refractivity contribution in [2.45, 2.75) is 77.5 Å². The zero-order valence-corrected chi connectivity index (χ0v) is 25.6. The van der Waals surface area contributed by atoms with Crippen LogP contribution in [0.4, 0.5) is 0 Å². The van der Waals surface area contributed by atoms with Crippen molar-refractivity contribution in [3.8, 4) is 0 Å². The smallest absolute Gasteiger partial charge is 0.330 e. The molecule has 0 saturated heterocycles. The van der Waals surface area contributed by atoms with E-state index in [9.17, 15) is 28.8 Å². The van der Waals surface area contributed by atoms with Crippen molar-refractivity contribution < 1.29 is 33.5 Å². The summed E-state index contributed by atoms with van der Waals surface area (Å²) < 4.78 is 4.72. The molecule has 2 rings (SSSR count). The molecule has 232 valence electrons. The van der Waals surface area contributed by atoms with E-state index in [0.717, 1.165) is 11.1 Å². The van der Waals surface area contributed by atoms with Crippen LogP contribution in [-0.4, -0.2) is 66.2 Å². The van der Waals surface area contributed by atoms with Crippen LogP contribution in [-0.2, 0) is 46.3 Å². The second kappa shape index (κ2) is 16.2. The van der Waals surface area contributed by atoms with Crippen molar-refractivity contribution in [1.82, 2.24) is 21.3 Å². The van der Waals surface area contributed by atoms with Crippen molar-refractivity contribution in [3.05, 3.63) is 71.8 Å². The van der Waals surface area contributed by atoms with Gasteiger partial charge in [0.15, 0.2) is 0 Å². The topological polar surface area (TPSA) is 160 Å². The Hall–Kier alpha value is -4.54. The summed E-state index contributed by atoms with van der Waals surface area (Å²) in [5, 5.41) is 10.3. The summed E-state index contributed by atoms with van der Waals surface area (Å²) in [7, 11) is 1.19. The number of amides is 4. The Balaban J connectivity index is 2.12. The van der Waals surface area contributed by atoms with Crippen molar-refractivity contribution in [3.63, 3.8) is 0 Å². The highest BCUT2D eigenvalue weighted by Gasteiger charge is 2.37. The molecule has 0 spiro atoms. The third-order valence-electron chi connectivity index (χ3n) is 7.03. The molecule has 0 aromatic heterocycles. The number of ketones is 1. The summed E-state index contributed by atoms with van der Waals surface area (Å²) >= 11 is 0. The van der Waals surface area contributed by atoms with Crippen LogP contribution in [0.2, 0.25) is 0 Å². The molecule has 0 saturated carbocycles. The van der Waals surface area contributed by atoms with Gasteiger partial charge in [0.25, 0.3) is 5.91 Å². The van der Waals surface area contributed by atoms with Crippen LogP contribution in [0.3, 0.4) is 0 Å². The molecule has 0 aliphatic heterocycles. The molecule has 0 aliphatic rings. The normalized spacial score (nSPS) is 13.8. The van der Waals surface area contributed by atoms with E-state index in [-0.39, 0.29) is 24.7 Å². The molecule has 11 nitrogen and oxygen atoms in total. The van der Waals surface area contributed by atoms with Crippen LogP contribution < -0.4 is 21.3 Å². The van der Waals surface area contributed by atoms with Crippen molar-refractivity contribution in [2.75, 3.05) is 7.11 Å². The van der Waals surface area contributed by atoms with Crippen molar-refractivity contribution >= 4 is 35.4 Å². The number of nitrogens with one attached hydrogen (secondary N) is 4. The number of carbonyl (C=O) groups is 6. The molecular weight excluding hydrogens is 552 g/mol. The highest BCUT2D eigenvalue weighted by Crippen LogP contribution is 2.12. The van der Waals surface area contributed by atoms with Gasteiger partial charge in [-0.25, -0.2) is 4.79 Å². The molecular formula is C32H42N4O7. The first kappa shape index (κ1) is 34.7. The highest BCUT2D eigenvalue weighted by atomic mass is 16.5. The molecule has 4 unspecified atom stereocenters. The molecule has 2 aromatic rings. The van der Waals surface area contributed by atoms with Crippen LogP contribution in [0.5, 0.6) is 0 Å². The quantitative estimate of drug-likeness (QED) is 0.180. The molecule has 4 N–H and O–H groups in total. The maximum atomic E-state index is 13.3. The minimum Gasteiger partial charge on any atom is -0.467 e. The Morgan fingerprint density at radius 2 is 1.35 bits per heavy atom. The lowest BCUT2D eigenvalue weighted by Gasteiger charge is -2.29. The molecule has 11 heteroatoms. The van der Waals surface area contributed by atoms with Gasteiger partial charge in [0.1, 0.15) is 17.6 Å². The molecule has 0 aliphatic carbocycles. The molecule has 4 amide bonds. The van der Waals surface area contributed by atoms with Gasteiger partial charge in [-0.1, -0.05) is 80.9 Å². The molecule has 4 atom stereocenters. The van der Waals surface area contributed by atoms with Gasteiger partial charge in [0, 0.05) is 6.42 Å². The van der Waals surface area contributed by atoms with Crippen molar-refractivity contribution in [2.24, 2.45) is 5.92 Å². The number of esters is 1. The van der Waals surface area contributed by atoms with E-state index in [4.69, 9.17) is 4.74 Å². The van der Waals surface area contributed by atoms with Gasteiger partial charge in [-0.15, -0.1) is 0 Å². The molecule has 0 heterocycles. The summed E-state index contributed by atoms with van der Waals surface area (Å²) in [4.78, 5) is 77.1. The Bertz CT molecular complexity index is 1280. The Kier molecular flexibility index (Phi) is 13.0. The number of methoxy groups -OCH3 is 1. The van der Waals surface area contributed by atoms with Crippen molar-refractivity contribution in [1.29, 1.82) is 0 Å². The number of benzene rings is 2. The Morgan fingerprint density at radius 3 is 1.88 bits per heavy atom. The Morgan fingerprint density at radius 1 is 0.791 bits per heavy atom. The Labute approximate surface area is 252 Å². The minimum atomic E-state index is -1.37. The number of carbonyl (C=O) groups excluding carboxylic acids is 6. The van der Waals surface area contributed by atoms with E-state index in [1.165, 1.54) is 27.9 Å². The first-order valence-electron chi connectivity index (χ1n) is 14.2. The van der Waals surface area contributed by atoms with E-state index in [0.29, 0.717) is 6.42 Å². The monoisotopic (exact) mass is 594 g/mol. The summed E-state index contributed by atoms with van der Waals surface area (Å²) in [5.74, 6) is -4.79. The lowest BCUT2D eigenvalue weighted by molar-refractivity contribution is -0.150. The highest BCUT2D eigenvalue weighted by molar-refractivity contribution is 6.38. The summed E-state index contributed by atoms with van der Waals surface area (Å²) in [6.07, 6.45) is 0.704. The van der Waals surface area contributed by atoms with E-state index < -0.39 is 53.1 Å². The number of Topliss-reactive ketones (excluding diaryl/α,β-unsaturated/α-hetero) is 1. The lowest BCUT2D eigenvalue weighted by Crippen LogP contribution is -2.60. The first-order chi connectivity index (χ1) is 20.3. The van der Waals surface area contributed by atoms with Crippen LogP contribution in [0, 0.1) is 5.92 Å². The summed E-state index contributed by atoms with van der Waals surface area (Å²) in [6.45, 7) is 7.80. The molecule has 0 bridgehead atoms. The van der Waals surface area contributed by atoms with Crippen LogP contribution >= 0.6 is 0 Å². The van der Waals surface area contributed by atoms with Gasteiger partial charge in [0.2, 0.25) is 23.5 Å². The molecule has 0 fully saturated rings. The van der Waals surface area contributed by atoms with Crippen LogP contribution in [0.25, 0.3) is 0 Å². The number of hydrogen-bond acceptors (Lipinski definition) is 7.